The van der Waals surface area contributed by atoms with Crippen molar-refractivity contribution in [2.75, 3.05) is 25.5 Å². The van der Waals surface area contributed by atoms with Gasteiger partial charge in [-0.1, -0.05) is 6.92 Å². The van der Waals surface area contributed by atoms with Crippen LogP contribution in [0.15, 0.2) is 12.3 Å². The SMILES string of the molecule is CCCn1cc(N)cc1C(=O)N1CCOCC1C(N)=O. The lowest BCUT2D eigenvalue weighted by molar-refractivity contribution is -0.127. The molecule has 0 aromatic carbocycles. The molecule has 2 rings (SSSR count). The molecule has 1 atom stereocenters. The topological polar surface area (TPSA) is 104 Å². The predicted molar refractivity (Wildman–Crippen MR) is 74.0 cm³/mol. The maximum absolute atomic E-state index is 12.6. The summed E-state index contributed by atoms with van der Waals surface area (Å²) >= 11 is 0. The summed E-state index contributed by atoms with van der Waals surface area (Å²) in [6.07, 6.45) is 2.62. The molecule has 0 saturated carbocycles. The average Bonchev–Trinajstić information content (AvgIpc) is 2.79. The Hall–Kier alpha value is -2.02. The summed E-state index contributed by atoms with van der Waals surface area (Å²) in [5.74, 6) is -0.790. The fraction of sp³-hybridized carbons (Fsp3) is 0.538. The highest BCUT2D eigenvalue weighted by molar-refractivity contribution is 5.97. The van der Waals surface area contributed by atoms with Crippen LogP contribution < -0.4 is 11.5 Å². The van der Waals surface area contributed by atoms with Crippen LogP contribution in [0.25, 0.3) is 0 Å². The lowest BCUT2D eigenvalue weighted by atomic mass is 10.2. The van der Waals surface area contributed by atoms with Crippen molar-refractivity contribution in [3.63, 3.8) is 0 Å². The van der Waals surface area contributed by atoms with Gasteiger partial charge in [0.2, 0.25) is 5.91 Å². The fourth-order valence-electron chi connectivity index (χ4n) is 2.37. The van der Waals surface area contributed by atoms with Gasteiger partial charge in [-0.15, -0.1) is 0 Å². The number of nitrogen functional groups attached to an aromatic ring is 1. The molecule has 0 aliphatic carbocycles. The highest BCUT2D eigenvalue weighted by Crippen LogP contribution is 2.17. The fourth-order valence-corrected chi connectivity index (χ4v) is 2.37. The zero-order valence-corrected chi connectivity index (χ0v) is 11.5. The minimum absolute atomic E-state index is 0.144. The zero-order chi connectivity index (χ0) is 14.7. The number of nitrogens with two attached hydrogens (primary N) is 2. The van der Waals surface area contributed by atoms with Gasteiger partial charge in [0, 0.05) is 19.3 Å². The monoisotopic (exact) mass is 280 g/mol. The molecule has 1 fully saturated rings. The summed E-state index contributed by atoms with van der Waals surface area (Å²) in [4.78, 5) is 25.5. The van der Waals surface area contributed by atoms with Crippen molar-refractivity contribution in [3.8, 4) is 0 Å². The number of ether oxygens (including phenoxy) is 1. The van der Waals surface area contributed by atoms with Crippen molar-refractivity contribution in [1.82, 2.24) is 9.47 Å². The molecule has 1 unspecified atom stereocenters. The van der Waals surface area contributed by atoms with E-state index in [2.05, 4.69) is 0 Å². The highest BCUT2D eigenvalue weighted by Gasteiger charge is 2.33. The Bertz CT molecular complexity index is 512. The van der Waals surface area contributed by atoms with Gasteiger partial charge in [0.25, 0.3) is 5.91 Å². The van der Waals surface area contributed by atoms with Crippen molar-refractivity contribution < 1.29 is 14.3 Å². The molecule has 1 aromatic heterocycles. The van der Waals surface area contributed by atoms with Crippen LogP contribution in [0.2, 0.25) is 0 Å². The highest BCUT2D eigenvalue weighted by atomic mass is 16.5. The summed E-state index contributed by atoms with van der Waals surface area (Å²) in [6.45, 7) is 3.61. The number of anilines is 1. The van der Waals surface area contributed by atoms with E-state index in [1.165, 1.54) is 4.90 Å². The summed E-state index contributed by atoms with van der Waals surface area (Å²) in [7, 11) is 0. The Morgan fingerprint density at radius 3 is 2.90 bits per heavy atom. The van der Waals surface area contributed by atoms with Crippen molar-refractivity contribution in [1.29, 1.82) is 0 Å². The number of carbonyl (C=O) groups is 2. The van der Waals surface area contributed by atoms with E-state index < -0.39 is 11.9 Å². The molecule has 4 N–H and O–H groups in total. The van der Waals surface area contributed by atoms with Gasteiger partial charge in [-0.05, 0) is 12.5 Å². The molecule has 2 heterocycles. The number of amides is 2. The Labute approximate surface area is 117 Å². The van der Waals surface area contributed by atoms with Gasteiger partial charge in [-0.3, -0.25) is 9.59 Å². The first kappa shape index (κ1) is 14.4. The van der Waals surface area contributed by atoms with Crippen LogP contribution in [-0.4, -0.2) is 47.1 Å². The van der Waals surface area contributed by atoms with E-state index in [1.807, 2.05) is 11.5 Å². The molecule has 20 heavy (non-hydrogen) atoms. The van der Waals surface area contributed by atoms with Crippen LogP contribution >= 0.6 is 0 Å². The minimum atomic E-state index is -0.720. The molecule has 0 radical (unpaired) electrons. The molecule has 0 bridgehead atoms. The summed E-state index contributed by atoms with van der Waals surface area (Å²) in [6, 6.07) is 0.911. The Morgan fingerprint density at radius 2 is 2.25 bits per heavy atom. The number of rotatable bonds is 4. The van der Waals surface area contributed by atoms with Gasteiger partial charge in [0.05, 0.1) is 18.9 Å². The smallest absolute Gasteiger partial charge is 0.271 e. The lowest BCUT2D eigenvalue weighted by Crippen LogP contribution is -2.55. The maximum atomic E-state index is 12.6. The standard InChI is InChI=1S/C13H20N4O3/c1-2-3-16-7-9(14)6-10(16)13(19)17-4-5-20-8-11(17)12(15)18/h6-7,11H,2-5,8,14H2,1H3,(H2,15,18). The maximum Gasteiger partial charge on any atom is 0.271 e. The van der Waals surface area contributed by atoms with E-state index in [9.17, 15) is 9.59 Å². The largest absolute Gasteiger partial charge is 0.397 e. The summed E-state index contributed by atoms with van der Waals surface area (Å²) < 4.78 is 7.03. The molecule has 7 nitrogen and oxygen atoms in total. The van der Waals surface area contributed by atoms with E-state index in [-0.39, 0.29) is 12.5 Å². The van der Waals surface area contributed by atoms with Crippen molar-refractivity contribution in [2.24, 2.45) is 5.73 Å². The second-order valence-electron chi connectivity index (χ2n) is 4.84. The molecule has 2 amide bonds. The third kappa shape index (κ3) is 2.77. The van der Waals surface area contributed by atoms with Crippen molar-refractivity contribution >= 4 is 17.5 Å². The van der Waals surface area contributed by atoms with Gasteiger partial charge in [0.15, 0.2) is 0 Å². The second-order valence-corrected chi connectivity index (χ2v) is 4.84. The third-order valence-electron chi connectivity index (χ3n) is 3.32. The summed E-state index contributed by atoms with van der Waals surface area (Å²) in [5.41, 5.74) is 12.1. The average molecular weight is 280 g/mol. The molecule has 1 aromatic rings. The molecular formula is C13H20N4O3. The van der Waals surface area contributed by atoms with Crippen LogP contribution in [0.5, 0.6) is 0 Å². The lowest BCUT2D eigenvalue weighted by Gasteiger charge is -2.33. The van der Waals surface area contributed by atoms with E-state index >= 15 is 0 Å². The van der Waals surface area contributed by atoms with E-state index in [1.54, 1.807) is 12.3 Å². The first-order valence-corrected chi connectivity index (χ1v) is 6.68. The molecule has 7 heteroatoms. The molecule has 1 aliphatic rings. The number of hydrogen-bond donors (Lipinski definition) is 2. The Kier molecular flexibility index (Phi) is 4.29. The molecule has 1 saturated heterocycles. The zero-order valence-electron chi connectivity index (χ0n) is 11.5. The minimum Gasteiger partial charge on any atom is -0.397 e. The van der Waals surface area contributed by atoms with Gasteiger partial charge < -0.3 is 25.7 Å². The van der Waals surface area contributed by atoms with Crippen LogP contribution in [0, 0.1) is 0 Å². The number of morpholine rings is 1. The van der Waals surface area contributed by atoms with Gasteiger partial charge in [-0.25, -0.2) is 0 Å². The molecular weight excluding hydrogens is 260 g/mol. The van der Waals surface area contributed by atoms with Crippen LogP contribution in [0.3, 0.4) is 0 Å². The van der Waals surface area contributed by atoms with Crippen molar-refractivity contribution in [3.05, 3.63) is 18.0 Å². The molecule has 110 valence electrons. The number of aromatic nitrogens is 1. The second kappa shape index (κ2) is 5.96. The quantitative estimate of drug-likeness (QED) is 0.797. The van der Waals surface area contributed by atoms with E-state index in [0.29, 0.717) is 31.1 Å². The van der Waals surface area contributed by atoms with Gasteiger partial charge >= 0.3 is 0 Å². The van der Waals surface area contributed by atoms with Gasteiger partial charge in [0.1, 0.15) is 11.7 Å². The predicted octanol–water partition coefficient (Wildman–Crippen LogP) is -0.193. The summed E-state index contributed by atoms with van der Waals surface area (Å²) in [5, 5.41) is 0. The van der Waals surface area contributed by atoms with Crippen LogP contribution in [0.1, 0.15) is 23.8 Å². The van der Waals surface area contributed by atoms with Crippen molar-refractivity contribution in [2.45, 2.75) is 25.9 Å². The number of aryl methyl sites for hydroxylation is 1. The first-order valence-electron chi connectivity index (χ1n) is 6.68. The Morgan fingerprint density at radius 1 is 1.50 bits per heavy atom. The first-order chi connectivity index (χ1) is 9.54. The Balaban J connectivity index is 2.27. The van der Waals surface area contributed by atoms with E-state index in [4.69, 9.17) is 16.2 Å². The third-order valence-corrected chi connectivity index (χ3v) is 3.32. The number of nitrogens with zero attached hydrogens (tertiary/aromatic N) is 2. The van der Waals surface area contributed by atoms with Crippen LogP contribution in [-0.2, 0) is 16.1 Å². The normalized spacial score (nSPS) is 19.1. The molecule has 0 spiro atoms. The number of hydrogen-bond acceptors (Lipinski definition) is 4. The van der Waals surface area contributed by atoms with E-state index in [0.717, 1.165) is 6.42 Å². The van der Waals surface area contributed by atoms with Crippen LogP contribution in [0.4, 0.5) is 5.69 Å². The number of primary amides is 1. The molecule has 1 aliphatic heterocycles. The van der Waals surface area contributed by atoms with Gasteiger partial charge in [-0.2, -0.15) is 0 Å². The number of carbonyl (C=O) groups excluding carboxylic acids is 2.